The molecule has 0 bridgehead atoms. The molecule has 0 saturated carbocycles. The van der Waals surface area contributed by atoms with Crippen molar-refractivity contribution < 1.29 is 8.83 Å². The lowest BCUT2D eigenvalue weighted by atomic mass is 9.95. The SMILES string of the molecule is N#Cc1ccc2c(c1)oc1cc(-c3cc(-c4cccnc4)cc(-c4nc(-c5ccccc5)nc(-c5ccc6c(c5)oc5ccccc56)n4)c3)ccc12. The highest BCUT2D eigenvalue weighted by Gasteiger charge is 2.17. The summed E-state index contributed by atoms with van der Waals surface area (Å²) >= 11 is 0. The Labute approximate surface area is 297 Å². The van der Waals surface area contributed by atoms with Crippen LogP contribution in [0.15, 0.2) is 161 Å². The van der Waals surface area contributed by atoms with Crippen LogP contribution in [0.2, 0.25) is 0 Å². The molecule has 0 fully saturated rings. The molecular formula is C45H25N5O2. The van der Waals surface area contributed by atoms with Gasteiger partial charge in [0.2, 0.25) is 0 Å². The zero-order valence-corrected chi connectivity index (χ0v) is 27.5. The smallest absolute Gasteiger partial charge is 0.164 e. The first kappa shape index (κ1) is 29.5. The molecule has 7 nitrogen and oxygen atoms in total. The molecule has 0 saturated heterocycles. The van der Waals surface area contributed by atoms with Crippen molar-refractivity contribution in [1.29, 1.82) is 5.26 Å². The zero-order valence-electron chi connectivity index (χ0n) is 27.5. The van der Waals surface area contributed by atoms with Crippen LogP contribution in [0, 0.1) is 11.3 Å². The molecule has 4 aromatic heterocycles. The van der Waals surface area contributed by atoms with Gasteiger partial charge in [-0.3, -0.25) is 4.98 Å². The van der Waals surface area contributed by atoms with Crippen molar-refractivity contribution >= 4 is 43.9 Å². The van der Waals surface area contributed by atoms with Gasteiger partial charge in [-0.25, -0.2) is 15.0 Å². The molecule has 7 heteroatoms. The largest absolute Gasteiger partial charge is 0.456 e. The molecule has 0 atom stereocenters. The maximum Gasteiger partial charge on any atom is 0.164 e. The minimum atomic E-state index is 0.536. The van der Waals surface area contributed by atoms with Gasteiger partial charge in [-0.15, -0.1) is 0 Å². The van der Waals surface area contributed by atoms with Gasteiger partial charge in [0.25, 0.3) is 0 Å². The molecule has 0 unspecified atom stereocenters. The average Bonchev–Trinajstić information content (AvgIpc) is 3.78. The number of benzene rings is 6. The Kier molecular flexibility index (Phi) is 6.73. The summed E-state index contributed by atoms with van der Waals surface area (Å²) in [6.07, 6.45) is 3.62. The van der Waals surface area contributed by atoms with Gasteiger partial charge in [0.05, 0.1) is 11.6 Å². The molecule has 52 heavy (non-hydrogen) atoms. The quantitative estimate of drug-likeness (QED) is 0.180. The van der Waals surface area contributed by atoms with Crippen LogP contribution in [0.25, 0.3) is 100 Å². The summed E-state index contributed by atoms with van der Waals surface area (Å²) in [5.41, 5.74) is 9.99. The van der Waals surface area contributed by atoms with Crippen molar-refractivity contribution in [3.05, 3.63) is 157 Å². The fraction of sp³-hybridized carbons (Fsp3) is 0. The highest BCUT2D eigenvalue weighted by molar-refractivity contribution is 6.07. The minimum absolute atomic E-state index is 0.536. The van der Waals surface area contributed by atoms with E-state index in [1.807, 2.05) is 97.2 Å². The first-order valence-corrected chi connectivity index (χ1v) is 16.8. The second-order valence-electron chi connectivity index (χ2n) is 12.7. The molecule has 0 aliphatic heterocycles. The topological polar surface area (TPSA) is 102 Å². The van der Waals surface area contributed by atoms with E-state index in [4.69, 9.17) is 23.8 Å². The number of pyridine rings is 1. The fourth-order valence-electron chi connectivity index (χ4n) is 6.87. The van der Waals surface area contributed by atoms with Crippen molar-refractivity contribution in [3.8, 4) is 62.5 Å². The molecule has 10 aromatic rings. The average molecular weight is 668 g/mol. The number of hydrogen-bond donors (Lipinski definition) is 0. The Morgan fingerprint density at radius 3 is 1.71 bits per heavy atom. The molecule has 0 amide bonds. The van der Waals surface area contributed by atoms with E-state index in [0.717, 1.165) is 77.2 Å². The van der Waals surface area contributed by atoms with Crippen molar-refractivity contribution in [2.24, 2.45) is 0 Å². The second-order valence-corrected chi connectivity index (χ2v) is 12.7. The normalized spacial score (nSPS) is 11.4. The summed E-state index contributed by atoms with van der Waals surface area (Å²) in [5, 5.41) is 13.5. The number of aromatic nitrogens is 4. The summed E-state index contributed by atoms with van der Waals surface area (Å²) in [4.78, 5) is 19.5. The van der Waals surface area contributed by atoms with Crippen LogP contribution >= 0.6 is 0 Å². The van der Waals surface area contributed by atoms with Gasteiger partial charge in [-0.05, 0) is 89.5 Å². The van der Waals surface area contributed by atoms with Gasteiger partial charge in [0, 0.05) is 56.2 Å². The van der Waals surface area contributed by atoms with Gasteiger partial charge in [0.1, 0.15) is 22.3 Å². The minimum Gasteiger partial charge on any atom is -0.456 e. The van der Waals surface area contributed by atoms with Crippen molar-refractivity contribution in [1.82, 2.24) is 19.9 Å². The lowest BCUT2D eigenvalue weighted by Crippen LogP contribution is -2.00. The zero-order chi connectivity index (χ0) is 34.6. The predicted molar refractivity (Wildman–Crippen MR) is 204 cm³/mol. The van der Waals surface area contributed by atoms with Crippen LogP contribution in [-0.4, -0.2) is 19.9 Å². The van der Waals surface area contributed by atoms with E-state index in [2.05, 4.69) is 53.5 Å². The van der Waals surface area contributed by atoms with Crippen LogP contribution in [-0.2, 0) is 0 Å². The van der Waals surface area contributed by atoms with Gasteiger partial charge >= 0.3 is 0 Å². The molecule has 0 radical (unpaired) electrons. The Bertz CT molecular complexity index is 3030. The van der Waals surface area contributed by atoms with Crippen molar-refractivity contribution in [2.45, 2.75) is 0 Å². The summed E-state index contributed by atoms with van der Waals surface area (Å²) in [6.45, 7) is 0. The first-order valence-electron chi connectivity index (χ1n) is 16.8. The Morgan fingerprint density at radius 2 is 0.962 bits per heavy atom. The van der Waals surface area contributed by atoms with E-state index in [1.54, 1.807) is 12.3 Å². The molecule has 242 valence electrons. The number of hydrogen-bond acceptors (Lipinski definition) is 7. The van der Waals surface area contributed by atoms with Crippen molar-refractivity contribution in [3.63, 3.8) is 0 Å². The molecule has 0 aliphatic carbocycles. The Balaban J connectivity index is 1.17. The molecule has 6 aromatic carbocycles. The molecule has 4 heterocycles. The third-order valence-corrected chi connectivity index (χ3v) is 9.43. The highest BCUT2D eigenvalue weighted by atomic mass is 16.3. The van der Waals surface area contributed by atoms with E-state index in [1.165, 1.54) is 0 Å². The molecule has 0 N–H and O–H groups in total. The monoisotopic (exact) mass is 667 g/mol. The third-order valence-electron chi connectivity index (χ3n) is 9.43. The van der Waals surface area contributed by atoms with Gasteiger partial charge < -0.3 is 8.83 Å². The molecule has 0 aliphatic rings. The van der Waals surface area contributed by atoms with E-state index in [-0.39, 0.29) is 0 Å². The molecule has 0 spiro atoms. The lowest BCUT2D eigenvalue weighted by Gasteiger charge is -2.12. The number of furan rings is 2. The van der Waals surface area contributed by atoms with E-state index >= 15 is 0 Å². The van der Waals surface area contributed by atoms with E-state index < -0.39 is 0 Å². The van der Waals surface area contributed by atoms with Gasteiger partial charge in [0.15, 0.2) is 17.5 Å². The number of nitriles is 1. The fourth-order valence-corrected chi connectivity index (χ4v) is 6.87. The van der Waals surface area contributed by atoms with Crippen LogP contribution in [0.1, 0.15) is 5.56 Å². The Hall–Kier alpha value is -7.43. The second kappa shape index (κ2) is 11.9. The standard InChI is InChI=1S/C45H25N5O2/c46-25-27-12-15-36-38-16-13-29(23-41(38)52-40(36)19-27)32-20-33(31-9-6-18-47-26-31)22-34(21-32)45-49-43(28-7-2-1-3-8-28)48-44(50-45)30-14-17-37-35-10-4-5-11-39(35)51-42(37)24-30/h1-24,26H. The van der Waals surface area contributed by atoms with E-state index in [9.17, 15) is 5.26 Å². The van der Waals surface area contributed by atoms with E-state index in [0.29, 0.717) is 28.6 Å². The number of rotatable bonds is 5. The van der Waals surface area contributed by atoms with Crippen LogP contribution < -0.4 is 0 Å². The number of nitrogens with zero attached hydrogens (tertiary/aromatic N) is 5. The summed E-state index contributed by atoms with van der Waals surface area (Å²) < 4.78 is 12.5. The van der Waals surface area contributed by atoms with Gasteiger partial charge in [-0.2, -0.15) is 5.26 Å². The highest BCUT2D eigenvalue weighted by Crippen LogP contribution is 2.37. The van der Waals surface area contributed by atoms with Crippen LogP contribution in [0.4, 0.5) is 0 Å². The number of para-hydroxylation sites is 1. The summed E-state index contributed by atoms with van der Waals surface area (Å²) in [5.74, 6) is 1.65. The first-order chi connectivity index (χ1) is 25.7. The number of fused-ring (bicyclic) bond motifs is 6. The third kappa shape index (κ3) is 5.06. The molecule has 10 rings (SSSR count). The lowest BCUT2D eigenvalue weighted by molar-refractivity contribution is 0.668. The maximum atomic E-state index is 9.42. The van der Waals surface area contributed by atoms with Gasteiger partial charge in [-0.1, -0.05) is 66.7 Å². The summed E-state index contributed by atoms with van der Waals surface area (Å²) in [7, 11) is 0. The summed E-state index contributed by atoms with van der Waals surface area (Å²) in [6, 6.07) is 48.4. The Morgan fingerprint density at radius 1 is 0.404 bits per heavy atom. The molecular weight excluding hydrogens is 643 g/mol. The predicted octanol–water partition coefficient (Wildman–Crippen LogP) is 11.3. The maximum absolute atomic E-state index is 9.42. The van der Waals surface area contributed by atoms with Crippen LogP contribution in [0.5, 0.6) is 0 Å². The van der Waals surface area contributed by atoms with Crippen molar-refractivity contribution in [2.75, 3.05) is 0 Å². The van der Waals surface area contributed by atoms with Crippen LogP contribution in [0.3, 0.4) is 0 Å².